The SMILES string of the molecule is COc1ccccc1[C@H](C)CC(=O)Nc1nc2n(n1)CCCC2. The van der Waals surface area contributed by atoms with Crippen molar-refractivity contribution < 1.29 is 9.53 Å². The molecule has 0 saturated heterocycles. The first-order valence-corrected chi connectivity index (χ1v) is 8.04. The lowest BCUT2D eigenvalue weighted by molar-refractivity contribution is -0.116. The third-order valence-electron chi connectivity index (χ3n) is 4.18. The number of anilines is 1. The fourth-order valence-electron chi connectivity index (χ4n) is 2.97. The summed E-state index contributed by atoms with van der Waals surface area (Å²) in [6, 6.07) is 7.78. The zero-order chi connectivity index (χ0) is 16.2. The van der Waals surface area contributed by atoms with E-state index in [1.54, 1.807) is 7.11 Å². The minimum Gasteiger partial charge on any atom is -0.496 e. The predicted octanol–water partition coefficient (Wildman–Crippen LogP) is 2.76. The van der Waals surface area contributed by atoms with Gasteiger partial charge in [0.1, 0.15) is 11.6 Å². The molecule has 0 bridgehead atoms. The molecule has 0 unspecified atom stereocenters. The van der Waals surface area contributed by atoms with E-state index in [9.17, 15) is 4.79 Å². The highest BCUT2D eigenvalue weighted by molar-refractivity contribution is 5.89. The molecule has 1 aliphatic rings. The molecule has 1 aromatic carbocycles. The normalized spacial score (nSPS) is 14.9. The molecule has 0 radical (unpaired) electrons. The molecule has 6 heteroatoms. The van der Waals surface area contributed by atoms with Crippen molar-refractivity contribution >= 4 is 11.9 Å². The van der Waals surface area contributed by atoms with Crippen LogP contribution in [0, 0.1) is 0 Å². The van der Waals surface area contributed by atoms with E-state index in [4.69, 9.17) is 4.74 Å². The highest BCUT2D eigenvalue weighted by Gasteiger charge is 2.18. The Labute approximate surface area is 135 Å². The van der Waals surface area contributed by atoms with Crippen LogP contribution in [-0.2, 0) is 17.8 Å². The van der Waals surface area contributed by atoms with Crippen LogP contribution in [0.3, 0.4) is 0 Å². The second-order valence-corrected chi connectivity index (χ2v) is 5.93. The number of aryl methyl sites for hydroxylation is 2. The van der Waals surface area contributed by atoms with Gasteiger partial charge in [-0.2, -0.15) is 4.98 Å². The largest absolute Gasteiger partial charge is 0.496 e. The number of nitrogens with one attached hydrogen (secondary N) is 1. The molecule has 122 valence electrons. The Balaban J connectivity index is 1.63. The average Bonchev–Trinajstić information content (AvgIpc) is 2.96. The van der Waals surface area contributed by atoms with E-state index in [1.807, 2.05) is 35.9 Å². The molecule has 6 nitrogen and oxygen atoms in total. The number of ether oxygens (including phenoxy) is 1. The van der Waals surface area contributed by atoms with Gasteiger partial charge in [0.2, 0.25) is 11.9 Å². The molecule has 23 heavy (non-hydrogen) atoms. The Bertz CT molecular complexity index is 672. The molecule has 0 fully saturated rings. The van der Waals surface area contributed by atoms with Crippen LogP contribution < -0.4 is 10.1 Å². The van der Waals surface area contributed by atoms with E-state index in [1.165, 1.54) is 0 Å². The highest BCUT2D eigenvalue weighted by Crippen LogP contribution is 2.28. The van der Waals surface area contributed by atoms with Gasteiger partial charge in [-0.1, -0.05) is 25.1 Å². The standard InChI is InChI=1S/C17H22N4O2/c1-12(13-7-3-4-8-14(13)23-2)11-16(22)19-17-18-15-9-5-6-10-21(15)20-17/h3-4,7-8,12H,5-6,9-11H2,1-2H3,(H,19,20,22)/t12-/m1/s1. The summed E-state index contributed by atoms with van der Waals surface area (Å²) in [6.45, 7) is 2.90. The molecule has 2 aromatic rings. The summed E-state index contributed by atoms with van der Waals surface area (Å²) in [5.74, 6) is 2.17. The number of rotatable bonds is 5. The molecule has 0 saturated carbocycles. The summed E-state index contributed by atoms with van der Waals surface area (Å²) in [7, 11) is 1.64. The van der Waals surface area contributed by atoms with Gasteiger partial charge in [-0.15, -0.1) is 5.10 Å². The predicted molar refractivity (Wildman–Crippen MR) is 87.6 cm³/mol. The van der Waals surface area contributed by atoms with E-state index >= 15 is 0 Å². The number of para-hydroxylation sites is 1. The topological polar surface area (TPSA) is 69.0 Å². The number of amides is 1. The van der Waals surface area contributed by atoms with Crippen LogP contribution in [0.1, 0.15) is 43.5 Å². The molecule has 3 rings (SSSR count). The Kier molecular flexibility index (Phi) is 4.60. The number of carbonyl (C=O) groups is 1. The lowest BCUT2D eigenvalue weighted by Gasteiger charge is -2.14. The van der Waals surface area contributed by atoms with E-state index in [0.29, 0.717) is 12.4 Å². The fraction of sp³-hybridized carbons (Fsp3) is 0.471. The molecule has 1 aromatic heterocycles. The summed E-state index contributed by atoms with van der Waals surface area (Å²) >= 11 is 0. The van der Waals surface area contributed by atoms with Crippen LogP contribution in [0.15, 0.2) is 24.3 Å². The Morgan fingerprint density at radius 2 is 2.22 bits per heavy atom. The minimum atomic E-state index is -0.0775. The molecular formula is C17H22N4O2. The smallest absolute Gasteiger partial charge is 0.248 e. The van der Waals surface area contributed by atoms with E-state index in [-0.39, 0.29) is 11.8 Å². The number of fused-ring (bicyclic) bond motifs is 1. The summed E-state index contributed by atoms with van der Waals surface area (Å²) in [6.07, 6.45) is 3.55. The van der Waals surface area contributed by atoms with Crippen LogP contribution in [-0.4, -0.2) is 27.8 Å². The zero-order valence-corrected chi connectivity index (χ0v) is 13.6. The van der Waals surface area contributed by atoms with Crippen molar-refractivity contribution in [1.29, 1.82) is 0 Å². The van der Waals surface area contributed by atoms with Crippen molar-refractivity contribution in [3.8, 4) is 5.75 Å². The van der Waals surface area contributed by atoms with Crippen molar-refractivity contribution in [3.63, 3.8) is 0 Å². The lowest BCUT2D eigenvalue weighted by Crippen LogP contribution is -2.16. The van der Waals surface area contributed by atoms with Gasteiger partial charge in [0.15, 0.2) is 0 Å². The molecule has 0 aliphatic carbocycles. The maximum absolute atomic E-state index is 12.3. The zero-order valence-electron chi connectivity index (χ0n) is 13.6. The molecule has 0 spiro atoms. The Morgan fingerprint density at radius 3 is 3.00 bits per heavy atom. The van der Waals surface area contributed by atoms with Crippen LogP contribution >= 0.6 is 0 Å². The Morgan fingerprint density at radius 1 is 1.39 bits per heavy atom. The molecule has 2 heterocycles. The van der Waals surface area contributed by atoms with Gasteiger partial charge in [-0.05, 0) is 30.4 Å². The number of hydrogen-bond acceptors (Lipinski definition) is 4. The van der Waals surface area contributed by atoms with Crippen molar-refractivity contribution in [1.82, 2.24) is 14.8 Å². The van der Waals surface area contributed by atoms with Crippen LogP contribution in [0.25, 0.3) is 0 Å². The second-order valence-electron chi connectivity index (χ2n) is 5.93. The number of aromatic nitrogens is 3. The van der Waals surface area contributed by atoms with Crippen LogP contribution in [0.2, 0.25) is 0 Å². The van der Waals surface area contributed by atoms with Gasteiger partial charge in [-0.25, -0.2) is 4.68 Å². The van der Waals surface area contributed by atoms with Gasteiger partial charge >= 0.3 is 0 Å². The van der Waals surface area contributed by atoms with Gasteiger partial charge in [0.05, 0.1) is 7.11 Å². The monoisotopic (exact) mass is 314 g/mol. The van der Waals surface area contributed by atoms with Gasteiger partial charge < -0.3 is 4.74 Å². The van der Waals surface area contributed by atoms with Crippen LogP contribution in [0.5, 0.6) is 5.75 Å². The molecule has 1 atom stereocenters. The summed E-state index contributed by atoms with van der Waals surface area (Å²) in [4.78, 5) is 16.7. The van der Waals surface area contributed by atoms with Crippen molar-refractivity contribution in [2.45, 2.75) is 45.1 Å². The summed E-state index contributed by atoms with van der Waals surface area (Å²) in [5, 5.41) is 7.17. The highest BCUT2D eigenvalue weighted by atomic mass is 16.5. The first-order chi connectivity index (χ1) is 11.2. The maximum Gasteiger partial charge on any atom is 0.248 e. The Hall–Kier alpha value is -2.37. The molecule has 1 aliphatic heterocycles. The number of nitrogens with zero attached hydrogens (tertiary/aromatic N) is 3. The quantitative estimate of drug-likeness (QED) is 0.921. The number of benzene rings is 1. The first kappa shape index (κ1) is 15.5. The molecule has 1 N–H and O–H groups in total. The molecule has 1 amide bonds. The fourth-order valence-corrected chi connectivity index (χ4v) is 2.97. The van der Waals surface area contributed by atoms with Gasteiger partial charge in [-0.3, -0.25) is 10.1 Å². The second kappa shape index (κ2) is 6.81. The van der Waals surface area contributed by atoms with E-state index in [0.717, 1.165) is 42.9 Å². The summed E-state index contributed by atoms with van der Waals surface area (Å²) < 4.78 is 7.25. The van der Waals surface area contributed by atoms with E-state index in [2.05, 4.69) is 15.4 Å². The lowest BCUT2D eigenvalue weighted by atomic mass is 9.96. The first-order valence-electron chi connectivity index (χ1n) is 8.04. The van der Waals surface area contributed by atoms with Crippen molar-refractivity contribution in [2.75, 3.05) is 12.4 Å². The van der Waals surface area contributed by atoms with Gasteiger partial charge in [0, 0.05) is 19.4 Å². The number of hydrogen-bond donors (Lipinski definition) is 1. The number of methoxy groups -OCH3 is 1. The van der Waals surface area contributed by atoms with E-state index < -0.39 is 0 Å². The average molecular weight is 314 g/mol. The third-order valence-corrected chi connectivity index (χ3v) is 4.18. The molecular weight excluding hydrogens is 292 g/mol. The van der Waals surface area contributed by atoms with Crippen molar-refractivity contribution in [2.24, 2.45) is 0 Å². The van der Waals surface area contributed by atoms with Gasteiger partial charge in [0.25, 0.3) is 0 Å². The minimum absolute atomic E-state index is 0.0587. The third kappa shape index (κ3) is 3.52. The maximum atomic E-state index is 12.3. The van der Waals surface area contributed by atoms with Crippen LogP contribution in [0.4, 0.5) is 5.95 Å². The summed E-state index contributed by atoms with van der Waals surface area (Å²) in [5.41, 5.74) is 1.03. The van der Waals surface area contributed by atoms with Crippen molar-refractivity contribution in [3.05, 3.63) is 35.7 Å². The number of carbonyl (C=O) groups excluding carboxylic acids is 1.